The van der Waals surface area contributed by atoms with Crippen molar-refractivity contribution in [3.8, 4) is 0 Å². The molecule has 0 radical (unpaired) electrons. The minimum absolute atomic E-state index is 0.339. The van der Waals surface area contributed by atoms with Gasteiger partial charge in [0, 0.05) is 5.92 Å². The van der Waals surface area contributed by atoms with E-state index in [9.17, 15) is 0 Å². The van der Waals surface area contributed by atoms with Gasteiger partial charge in [0.2, 0.25) is 0 Å². The Morgan fingerprint density at radius 1 is 0.433 bits per heavy atom. The first-order valence-electron chi connectivity index (χ1n) is 10.6. The lowest BCUT2D eigenvalue weighted by Crippen LogP contribution is -2.05. The van der Waals surface area contributed by atoms with Crippen LogP contribution < -0.4 is 0 Å². The van der Waals surface area contributed by atoms with Gasteiger partial charge in [0.1, 0.15) is 0 Å². The van der Waals surface area contributed by atoms with E-state index in [1.54, 1.807) is 0 Å². The first-order chi connectivity index (χ1) is 14.9. The Labute approximate surface area is 176 Å². The van der Waals surface area contributed by atoms with Gasteiger partial charge in [0.05, 0.1) is 0 Å². The number of benzene rings is 6. The molecule has 0 unspecified atom stereocenters. The molecule has 30 heavy (non-hydrogen) atoms. The monoisotopic (exact) mass is 382 g/mol. The van der Waals surface area contributed by atoms with E-state index < -0.39 is 0 Å². The van der Waals surface area contributed by atoms with Crippen molar-refractivity contribution in [2.75, 3.05) is 0 Å². The van der Waals surface area contributed by atoms with Gasteiger partial charge in [-0.05, 0) is 55.4 Å². The van der Waals surface area contributed by atoms with E-state index in [2.05, 4.69) is 115 Å². The molecule has 0 spiro atoms. The first kappa shape index (κ1) is 17.2. The Balaban J connectivity index is 1.56. The van der Waals surface area contributed by atoms with Crippen LogP contribution in [-0.4, -0.2) is 0 Å². The van der Waals surface area contributed by atoms with E-state index in [0.29, 0.717) is 5.92 Å². The van der Waals surface area contributed by atoms with Crippen molar-refractivity contribution < 1.29 is 0 Å². The van der Waals surface area contributed by atoms with Gasteiger partial charge in [0.25, 0.3) is 0 Å². The fourth-order valence-electron chi connectivity index (χ4n) is 4.99. The molecule has 0 fully saturated rings. The fraction of sp³-hybridized carbons (Fsp3) is 0.0667. The van der Waals surface area contributed by atoms with Gasteiger partial charge < -0.3 is 0 Å². The molecule has 0 saturated heterocycles. The Morgan fingerprint density at radius 3 is 1.60 bits per heavy atom. The average Bonchev–Trinajstić information content (AvgIpc) is 2.82. The van der Waals surface area contributed by atoms with Crippen LogP contribution in [0, 0.1) is 0 Å². The molecule has 0 aliphatic heterocycles. The molecule has 6 rings (SSSR count). The summed E-state index contributed by atoms with van der Waals surface area (Å²) in [6.07, 6.45) is 0.988. The topological polar surface area (TPSA) is 0 Å². The van der Waals surface area contributed by atoms with Crippen molar-refractivity contribution in [3.05, 3.63) is 132 Å². The van der Waals surface area contributed by atoms with Crippen LogP contribution in [0.2, 0.25) is 0 Å². The van der Waals surface area contributed by atoms with Crippen LogP contribution in [0.15, 0.2) is 115 Å². The van der Waals surface area contributed by atoms with Crippen LogP contribution in [0.25, 0.3) is 32.3 Å². The van der Waals surface area contributed by atoms with E-state index in [-0.39, 0.29) is 0 Å². The minimum Gasteiger partial charge on any atom is -0.0622 e. The van der Waals surface area contributed by atoms with Gasteiger partial charge in [-0.25, -0.2) is 0 Å². The zero-order valence-electron chi connectivity index (χ0n) is 16.8. The zero-order chi connectivity index (χ0) is 19.9. The molecule has 0 atom stereocenters. The number of rotatable bonds is 4. The van der Waals surface area contributed by atoms with Gasteiger partial charge in [0.15, 0.2) is 0 Å². The van der Waals surface area contributed by atoms with Crippen molar-refractivity contribution in [1.29, 1.82) is 0 Å². The van der Waals surface area contributed by atoms with Gasteiger partial charge in [-0.3, -0.25) is 0 Å². The smallest absolute Gasteiger partial charge is 0.0130 e. The molecule has 0 nitrogen and oxygen atoms in total. The standard InChI is InChI=1S/C30H22/c1-3-8-21(9-4-1)28(22-10-5-2-6-11-22)20-26-17-16-25-15-14-23-12-7-13-24-18-19-27(26)30(25)29(23)24/h1-19,28H,20H2. The van der Waals surface area contributed by atoms with Crippen LogP contribution in [0.1, 0.15) is 22.6 Å². The summed E-state index contributed by atoms with van der Waals surface area (Å²) >= 11 is 0. The normalized spacial score (nSPS) is 11.8. The SMILES string of the molecule is c1ccc(C(Cc2ccc3ccc4cccc5ccc2c3c45)c2ccccc2)cc1. The minimum atomic E-state index is 0.339. The van der Waals surface area contributed by atoms with Crippen molar-refractivity contribution in [1.82, 2.24) is 0 Å². The van der Waals surface area contributed by atoms with Crippen LogP contribution in [0.4, 0.5) is 0 Å². The molecule has 0 aliphatic carbocycles. The molecule has 0 aliphatic rings. The van der Waals surface area contributed by atoms with Gasteiger partial charge in [-0.1, -0.05) is 115 Å². The molecule has 6 aromatic carbocycles. The highest BCUT2D eigenvalue weighted by atomic mass is 14.2. The van der Waals surface area contributed by atoms with Crippen molar-refractivity contribution in [2.24, 2.45) is 0 Å². The van der Waals surface area contributed by atoms with Gasteiger partial charge in [-0.15, -0.1) is 0 Å². The van der Waals surface area contributed by atoms with E-state index >= 15 is 0 Å². The maximum Gasteiger partial charge on any atom is 0.0130 e. The van der Waals surface area contributed by atoms with E-state index in [0.717, 1.165) is 6.42 Å². The summed E-state index contributed by atoms with van der Waals surface area (Å²) in [7, 11) is 0. The van der Waals surface area contributed by atoms with E-state index in [4.69, 9.17) is 0 Å². The number of hydrogen-bond donors (Lipinski definition) is 0. The Hall–Kier alpha value is -3.64. The number of hydrogen-bond acceptors (Lipinski definition) is 0. The predicted octanol–water partition coefficient (Wildman–Crippen LogP) is 7.96. The quantitative estimate of drug-likeness (QED) is 0.271. The molecular formula is C30H22. The Morgan fingerprint density at radius 2 is 0.967 bits per heavy atom. The molecule has 6 aromatic rings. The summed E-state index contributed by atoms with van der Waals surface area (Å²) in [5.41, 5.74) is 4.15. The summed E-state index contributed by atoms with van der Waals surface area (Å²) in [5.74, 6) is 0.339. The third-order valence-electron chi connectivity index (χ3n) is 6.45. The summed E-state index contributed by atoms with van der Waals surface area (Å²) in [6.45, 7) is 0. The Kier molecular flexibility index (Phi) is 4.02. The fourth-order valence-corrected chi connectivity index (χ4v) is 4.99. The van der Waals surface area contributed by atoms with Crippen LogP contribution in [0.5, 0.6) is 0 Å². The lowest BCUT2D eigenvalue weighted by atomic mass is 9.83. The summed E-state index contributed by atoms with van der Waals surface area (Å²) in [4.78, 5) is 0. The molecular weight excluding hydrogens is 360 g/mol. The highest BCUT2D eigenvalue weighted by Crippen LogP contribution is 2.38. The van der Waals surface area contributed by atoms with Crippen LogP contribution in [-0.2, 0) is 6.42 Å². The van der Waals surface area contributed by atoms with Crippen molar-refractivity contribution in [3.63, 3.8) is 0 Å². The van der Waals surface area contributed by atoms with Gasteiger partial charge >= 0.3 is 0 Å². The van der Waals surface area contributed by atoms with E-state index in [1.165, 1.54) is 49.0 Å². The van der Waals surface area contributed by atoms with Crippen LogP contribution in [0.3, 0.4) is 0 Å². The highest BCUT2D eigenvalue weighted by Gasteiger charge is 2.17. The predicted molar refractivity (Wildman–Crippen MR) is 129 cm³/mol. The second kappa shape index (κ2) is 7.00. The molecule has 0 aromatic heterocycles. The summed E-state index contributed by atoms with van der Waals surface area (Å²) in [5, 5.41) is 8.16. The molecule has 0 amide bonds. The second-order valence-corrected chi connectivity index (χ2v) is 8.16. The summed E-state index contributed by atoms with van der Waals surface area (Å²) in [6, 6.07) is 42.2. The second-order valence-electron chi connectivity index (χ2n) is 8.16. The van der Waals surface area contributed by atoms with Crippen molar-refractivity contribution in [2.45, 2.75) is 12.3 Å². The zero-order valence-corrected chi connectivity index (χ0v) is 16.8. The van der Waals surface area contributed by atoms with E-state index in [1.807, 2.05) is 0 Å². The Bertz CT molecular complexity index is 1390. The maximum absolute atomic E-state index is 2.33. The van der Waals surface area contributed by atoms with Crippen molar-refractivity contribution >= 4 is 32.3 Å². The molecule has 0 heterocycles. The van der Waals surface area contributed by atoms with Gasteiger partial charge in [-0.2, -0.15) is 0 Å². The molecule has 142 valence electrons. The molecule has 0 saturated carbocycles. The largest absolute Gasteiger partial charge is 0.0622 e. The summed E-state index contributed by atoms with van der Waals surface area (Å²) < 4.78 is 0. The average molecular weight is 383 g/mol. The molecule has 0 heteroatoms. The lowest BCUT2D eigenvalue weighted by Gasteiger charge is -2.20. The maximum atomic E-state index is 2.33. The van der Waals surface area contributed by atoms with Crippen LogP contribution >= 0.6 is 0 Å². The highest BCUT2D eigenvalue weighted by molar-refractivity contribution is 6.23. The third-order valence-corrected chi connectivity index (χ3v) is 6.45. The lowest BCUT2D eigenvalue weighted by molar-refractivity contribution is 0.810. The first-order valence-corrected chi connectivity index (χ1v) is 10.6. The molecule has 0 bridgehead atoms. The molecule has 0 N–H and O–H groups in total. The third kappa shape index (κ3) is 2.76.